The molecule has 0 spiro atoms. The molecule has 4 rings (SSSR count). The SMILES string of the molecule is COCCn1c(SCCCN2C(=O)c3ccccc3C2=O)nnc1-c1ccncc1. The van der Waals surface area contributed by atoms with Crippen molar-refractivity contribution in [1.82, 2.24) is 24.6 Å². The number of aromatic nitrogens is 4. The number of amides is 2. The Morgan fingerprint density at radius 3 is 2.33 bits per heavy atom. The minimum Gasteiger partial charge on any atom is -0.383 e. The lowest BCUT2D eigenvalue weighted by molar-refractivity contribution is 0.0655. The summed E-state index contributed by atoms with van der Waals surface area (Å²) in [6.07, 6.45) is 4.11. The maximum atomic E-state index is 12.5. The van der Waals surface area contributed by atoms with Gasteiger partial charge in [0, 0.05) is 37.4 Å². The lowest BCUT2D eigenvalue weighted by atomic mass is 10.1. The van der Waals surface area contributed by atoms with Crippen LogP contribution in [-0.4, -0.2) is 62.5 Å². The number of hydrogen-bond acceptors (Lipinski definition) is 7. The number of benzene rings is 1. The van der Waals surface area contributed by atoms with Gasteiger partial charge in [0.15, 0.2) is 11.0 Å². The molecule has 1 aliphatic heterocycles. The fourth-order valence-corrected chi connectivity index (χ4v) is 4.21. The largest absolute Gasteiger partial charge is 0.383 e. The average molecular weight is 423 g/mol. The van der Waals surface area contributed by atoms with Crippen LogP contribution in [0.25, 0.3) is 11.4 Å². The molecule has 0 aliphatic carbocycles. The quantitative estimate of drug-likeness (QED) is 0.297. The molecule has 0 N–H and O–H groups in total. The van der Waals surface area contributed by atoms with Gasteiger partial charge < -0.3 is 4.74 Å². The minimum atomic E-state index is -0.219. The molecule has 0 radical (unpaired) electrons. The monoisotopic (exact) mass is 423 g/mol. The van der Waals surface area contributed by atoms with Gasteiger partial charge >= 0.3 is 0 Å². The minimum absolute atomic E-state index is 0.219. The van der Waals surface area contributed by atoms with Crippen LogP contribution in [0.5, 0.6) is 0 Å². The topological polar surface area (TPSA) is 90.2 Å². The molecule has 2 aromatic heterocycles. The molecule has 3 aromatic rings. The second kappa shape index (κ2) is 9.19. The van der Waals surface area contributed by atoms with Crippen LogP contribution < -0.4 is 0 Å². The first-order valence-electron chi connectivity index (χ1n) is 9.61. The molecule has 0 atom stereocenters. The number of carbonyl (C=O) groups excluding carboxylic acids is 2. The molecule has 154 valence electrons. The van der Waals surface area contributed by atoms with Gasteiger partial charge in [-0.3, -0.25) is 24.0 Å². The number of imide groups is 1. The van der Waals surface area contributed by atoms with E-state index >= 15 is 0 Å². The van der Waals surface area contributed by atoms with E-state index in [1.54, 1.807) is 55.5 Å². The highest BCUT2D eigenvalue weighted by Crippen LogP contribution is 2.26. The average Bonchev–Trinajstić information content (AvgIpc) is 3.30. The molecule has 2 amide bonds. The van der Waals surface area contributed by atoms with Gasteiger partial charge in [-0.15, -0.1) is 10.2 Å². The van der Waals surface area contributed by atoms with E-state index in [1.807, 2.05) is 16.7 Å². The lowest BCUT2D eigenvalue weighted by Gasteiger charge is -2.13. The number of hydrogen-bond donors (Lipinski definition) is 0. The summed E-state index contributed by atoms with van der Waals surface area (Å²) in [5.74, 6) is 1.03. The smallest absolute Gasteiger partial charge is 0.261 e. The van der Waals surface area contributed by atoms with E-state index in [-0.39, 0.29) is 11.8 Å². The standard InChI is InChI=1S/C21H21N5O3S/c1-29-13-12-25-18(15-7-9-22-10-8-15)23-24-21(25)30-14-4-11-26-19(27)16-5-2-3-6-17(16)20(26)28/h2-3,5-10H,4,11-14H2,1H3. The molecular formula is C21H21N5O3S. The Balaban J connectivity index is 1.39. The van der Waals surface area contributed by atoms with Gasteiger partial charge in [-0.25, -0.2) is 0 Å². The zero-order valence-electron chi connectivity index (χ0n) is 16.5. The number of pyridine rings is 1. The molecule has 8 nitrogen and oxygen atoms in total. The van der Waals surface area contributed by atoms with E-state index in [9.17, 15) is 9.59 Å². The van der Waals surface area contributed by atoms with Crippen LogP contribution in [0.15, 0.2) is 53.9 Å². The first-order chi connectivity index (χ1) is 14.7. The summed E-state index contributed by atoms with van der Waals surface area (Å²) in [6.45, 7) is 1.55. The van der Waals surface area contributed by atoms with Gasteiger partial charge in [0.2, 0.25) is 0 Å². The zero-order valence-corrected chi connectivity index (χ0v) is 17.3. The summed E-state index contributed by atoms with van der Waals surface area (Å²) < 4.78 is 7.25. The van der Waals surface area contributed by atoms with Gasteiger partial charge in [0.25, 0.3) is 11.8 Å². The molecule has 0 bridgehead atoms. The Bertz CT molecular complexity index is 1020. The van der Waals surface area contributed by atoms with Crippen molar-refractivity contribution >= 4 is 23.6 Å². The number of methoxy groups -OCH3 is 1. The van der Waals surface area contributed by atoms with Gasteiger partial charge in [-0.1, -0.05) is 23.9 Å². The second-order valence-electron chi connectivity index (χ2n) is 6.70. The Morgan fingerprint density at radius 1 is 0.967 bits per heavy atom. The first-order valence-corrected chi connectivity index (χ1v) is 10.6. The van der Waals surface area contributed by atoms with E-state index in [0.717, 1.165) is 16.5 Å². The normalized spacial score (nSPS) is 13.2. The molecule has 3 heterocycles. The third kappa shape index (κ3) is 3.99. The van der Waals surface area contributed by atoms with Crippen molar-refractivity contribution in [2.45, 2.75) is 18.1 Å². The second-order valence-corrected chi connectivity index (χ2v) is 7.76. The molecule has 9 heteroatoms. The molecule has 1 aromatic carbocycles. The molecule has 1 aliphatic rings. The summed E-state index contributed by atoms with van der Waals surface area (Å²) in [7, 11) is 1.66. The summed E-state index contributed by atoms with van der Waals surface area (Å²) >= 11 is 1.55. The molecule has 0 saturated heterocycles. The molecule has 0 fully saturated rings. The highest BCUT2D eigenvalue weighted by Gasteiger charge is 2.34. The summed E-state index contributed by atoms with van der Waals surface area (Å²) in [5.41, 5.74) is 1.90. The van der Waals surface area contributed by atoms with Crippen molar-refractivity contribution < 1.29 is 14.3 Å². The van der Waals surface area contributed by atoms with Gasteiger partial charge in [0.1, 0.15) is 0 Å². The fraction of sp³-hybridized carbons (Fsp3) is 0.286. The van der Waals surface area contributed by atoms with E-state index in [0.29, 0.717) is 43.0 Å². The summed E-state index contributed by atoms with van der Waals surface area (Å²) in [4.78, 5) is 30.3. The first kappa shape index (κ1) is 20.2. The molecule has 0 unspecified atom stereocenters. The van der Waals surface area contributed by atoms with Crippen molar-refractivity contribution in [2.75, 3.05) is 26.0 Å². The van der Waals surface area contributed by atoms with E-state index in [1.165, 1.54) is 4.90 Å². The summed E-state index contributed by atoms with van der Waals surface area (Å²) in [6, 6.07) is 10.7. The van der Waals surface area contributed by atoms with Crippen LogP contribution in [0.1, 0.15) is 27.1 Å². The number of rotatable bonds is 9. The van der Waals surface area contributed by atoms with Gasteiger partial charge in [0.05, 0.1) is 24.3 Å². The predicted molar refractivity (Wildman–Crippen MR) is 112 cm³/mol. The van der Waals surface area contributed by atoms with Crippen LogP contribution in [0.3, 0.4) is 0 Å². The van der Waals surface area contributed by atoms with Crippen LogP contribution >= 0.6 is 11.8 Å². The van der Waals surface area contributed by atoms with Crippen LogP contribution in [-0.2, 0) is 11.3 Å². The number of thioether (sulfide) groups is 1. The van der Waals surface area contributed by atoms with E-state index < -0.39 is 0 Å². The maximum Gasteiger partial charge on any atom is 0.261 e. The Hall–Kier alpha value is -3.04. The highest BCUT2D eigenvalue weighted by atomic mass is 32.2. The van der Waals surface area contributed by atoms with Crippen molar-refractivity contribution in [2.24, 2.45) is 0 Å². The highest BCUT2D eigenvalue weighted by molar-refractivity contribution is 7.99. The van der Waals surface area contributed by atoms with Crippen LogP contribution in [0.4, 0.5) is 0 Å². The number of carbonyl (C=O) groups is 2. The Kier molecular flexibility index (Phi) is 6.20. The van der Waals surface area contributed by atoms with Crippen molar-refractivity contribution in [3.63, 3.8) is 0 Å². The predicted octanol–water partition coefficient (Wildman–Crippen LogP) is 2.76. The lowest BCUT2D eigenvalue weighted by Crippen LogP contribution is -2.31. The van der Waals surface area contributed by atoms with Crippen molar-refractivity contribution in [1.29, 1.82) is 0 Å². The third-order valence-electron chi connectivity index (χ3n) is 4.81. The maximum absolute atomic E-state index is 12.5. The molecular weight excluding hydrogens is 402 g/mol. The third-order valence-corrected chi connectivity index (χ3v) is 5.86. The van der Waals surface area contributed by atoms with Crippen LogP contribution in [0.2, 0.25) is 0 Å². The van der Waals surface area contributed by atoms with Crippen LogP contribution in [0, 0.1) is 0 Å². The molecule has 30 heavy (non-hydrogen) atoms. The van der Waals surface area contributed by atoms with Gasteiger partial charge in [-0.2, -0.15) is 0 Å². The van der Waals surface area contributed by atoms with Gasteiger partial charge in [-0.05, 0) is 30.7 Å². The zero-order chi connectivity index (χ0) is 20.9. The van der Waals surface area contributed by atoms with Crippen molar-refractivity contribution in [3.8, 4) is 11.4 Å². The van der Waals surface area contributed by atoms with Crippen molar-refractivity contribution in [3.05, 3.63) is 59.9 Å². The number of ether oxygens (including phenoxy) is 1. The number of nitrogens with zero attached hydrogens (tertiary/aromatic N) is 5. The Labute approximate surface area is 178 Å². The van der Waals surface area contributed by atoms with E-state index in [2.05, 4.69) is 15.2 Å². The van der Waals surface area contributed by atoms with E-state index in [4.69, 9.17) is 4.74 Å². The Morgan fingerprint density at radius 2 is 1.67 bits per heavy atom. The summed E-state index contributed by atoms with van der Waals surface area (Å²) in [5, 5.41) is 9.45. The number of fused-ring (bicyclic) bond motifs is 1. The molecule has 0 saturated carbocycles. The fourth-order valence-electron chi connectivity index (χ4n) is 3.32.